The highest BCUT2D eigenvalue weighted by Gasteiger charge is 2.19. The molecule has 1 fully saturated rings. The molecule has 1 amide bonds. The minimum atomic E-state index is 0.254. The van der Waals surface area contributed by atoms with E-state index < -0.39 is 0 Å². The molecule has 1 aromatic rings. The smallest absolute Gasteiger partial charge is 0.222 e. The van der Waals surface area contributed by atoms with Crippen LogP contribution in [0.5, 0.6) is 5.75 Å². The monoisotopic (exact) mass is 248 g/mol. The number of carbonyl (C=O) groups is 1. The van der Waals surface area contributed by atoms with Gasteiger partial charge in [0.2, 0.25) is 5.91 Å². The minimum absolute atomic E-state index is 0.254. The summed E-state index contributed by atoms with van der Waals surface area (Å²) in [5.41, 5.74) is 1.19. The van der Waals surface area contributed by atoms with E-state index >= 15 is 0 Å². The molecule has 18 heavy (non-hydrogen) atoms. The molecule has 0 bridgehead atoms. The van der Waals surface area contributed by atoms with E-state index in [2.05, 4.69) is 17.0 Å². The van der Waals surface area contributed by atoms with Gasteiger partial charge < -0.3 is 14.5 Å². The average molecular weight is 248 g/mol. The zero-order valence-corrected chi connectivity index (χ0v) is 11.1. The van der Waals surface area contributed by atoms with Crippen molar-refractivity contribution in [1.82, 2.24) is 4.90 Å². The Hall–Kier alpha value is -1.71. The molecule has 0 atom stereocenters. The van der Waals surface area contributed by atoms with Crippen LogP contribution in [-0.4, -0.2) is 44.1 Å². The quantitative estimate of drug-likeness (QED) is 0.817. The molecule has 0 N–H and O–H groups in total. The predicted octanol–water partition coefficient (Wildman–Crippen LogP) is 1.75. The highest BCUT2D eigenvalue weighted by Crippen LogP contribution is 2.20. The fraction of sp³-hybridized carbons (Fsp3) is 0.500. The Bertz CT molecular complexity index is 395. The average Bonchev–Trinajstić information content (AvgIpc) is 2.47. The number of methoxy groups -OCH3 is 1. The van der Waals surface area contributed by atoms with Crippen molar-refractivity contribution in [3.63, 3.8) is 0 Å². The predicted molar refractivity (Wildman–Crippen MR) is 72.1 cm³/mol. The van der Waals surface area contributed by atoms with Crippen LogP contribution >= 0.6 is 0 Å². The Labute approximate surface area is 108 Å². The summed E-state index contributed by atoms with van der Waals surface area (Å²) in [7, 11) is 1.67. The number of rotatable bonds is 3. The summed E-state index contributed by atoms with van der Waals surface area (Å²) < 4.78 is 5.15. The fourth-order valence-electron chi connectivity index (χ4n) is 2.23. The molecule has 4 nitrogen and oxygen atoms in total. The van der Waals surface area contributed by atoms with Crippen LogP contribution in [0.4, 0.5) is 5.69 Å². The summed E-state index contributed by atoms with van der Waals surface area (Å²) in [4.78, 5) is 15.8. The van der Waals surface area contributed by atoms with Gasteiger partial charge in [0.05, 0.1) is 7.11 Å². The van der Waals surface area contributed by atoms with Crippen molar-refractivity contribution in [3.05, 3.63) is 24.3 Å². The molecule has 0 saturated carbocycles. The Morgan fingerprint density at radius 2 is 1.78 bits per heavy atom. The van der Waals surface area contributed by atoms with Crippen molar-refractivity contribution >= 4 is 11.6 Å². The SMILES string of the molecule is CCC(=O)N1CCN(c2ccc(OC)cc2)CC1. The molecule has 1 aliphatic heterocycles. The van der Waals surface area contributed by atoms with E-state index in [4.69, 9.17) is 4.74 Å². The van der Waals surface area contributed by atoms with E-state index in [1.54, 1.807) is 7.11 Å². The number of hydrogen-bond donors (Lipinski definition) is 0. The lowest BCUT2D eigenvalue weighted by molar-refractivity contribution is -0.131. The zero-order chi connectivity index (χ0) is 13.0. The third kappa shape index (κ3) is 2.75. The van der Waals surface area contributed by atoms with Gasteiger partial charge in [0, 0.05) is 38.3 Å². The van der Waals surface area contributed by atoms with Crippen LogP contribution in [0, 0.1) is 0 Å². The second kappa shape index (κ2) is 5.76. The Morgan fingerprint density at radius 1 is 1.17 bits per heavy atom. The van der Waals surface area contributed by atoms with Crippen LogP contribution in [-0.2, 0) is 4.79 Å². The van der Waals surface area contributed by atoms with Gasteiger partial charge in [0.15, 0.2) is 0 Å². The van der Waals surface area contributed by atoms with Crippen molar-refractivity contribution in [2.75, 3.05) is 38.2 Å². The lowest BCUT2D eigenvalue weighted by atomic mass is 10.2. The van der Waals surface area contributed by atoms with Gasteiger partial charge in [-0.2, -0.15) is 0 Å². The highest BCUT2D eigenvalue weighted by atomic mass is 16.5. The summed E-state index contributed by atoms with van der Waals surface area (Å²) in [5.74, 6) is 1.13. The second-order valence-electron chi connectivity index (χ2n) is 4.42. The first-order valence-corrected chi connectivity index (χ1v) is 6.41. The van der Waals surface area contributed by atoms with Gasteiger partial charge >= 0.3 is 0 Å². The molecule has 2 rings (SSSR count). The normalized spacial score (nSPS) is 15.7. The van der Waals surface area contributed by atoms with Gasteiger partial charge in [-0.1, -0.05) is 6.92 Å². The number of piperazine rings is 1. The van der Waals surface area contributed by atoms with Crippen LogP contribution in [0.15, 0.2) is 24.3 Å². The molecule has 1 aromatic carbocycles. The van der Waals surface area contributed by atoms with Gasteiger partial charge in [-0.05, 0) is 24.3 Å². The summed E-state index contributed by atoms with van der Waals surface area (Å²) in [6, 6.07) is 8.07. The van der Waals surface area contributed by atoms with Crippen LogP contribution in [0.3, 0.4) is 0 Å². The maximum atomic E-state index is 11.6. The summed E-state index contributed by atoms with van der Waals surface area (Å²) in [5, 5.41) is 0. The van der Waals surface area contributed by atoms with E-state index in [9.17, 15) is 4.79 Å². The molecule has 98 valence electrons. The molecule has 0 spiro atoms. The third-order valence-corrected chi connectivity index (χ3v) is 3.37. The first-order chi connectivity index (χ1) is 8.74. The van der Waals surface area contributed by atoms with Crippen LogP contribution in [0.25, 0.3) is 0 Å². The van der Waals surface area contributed by atoms with Crippen molar-refractivity contribution < 1.29 is 9.53 Å². The Morgan fingerprint density at radius 3 is 2.28 bits per heavy atom. The second-order valence-corrected chi connectivity index (χ2v) is 4.42. The van der Waals surface area contributed by atoms with Gasteiger partial charge in [0.1, 0.15) is 5.75 Å². The number of hydrogen-bond acceptors (Lipinski definition) is 3. The fourth-order valence-corrected chi connectivity index (χ4v) is 2.23. The van der Waals surface area contributed by atoms with Crippen LogP contribution < -0.4 is 9.64 Å². The van der Waals surface area contributed by atoms with Crippen molar-refractivity contribution in [3.8, 4) is 5.75 Å². The maximum Gasteiger partial charge on any atom is 0.222 e. The lowest BCUT2D eigenvalue weighted by Gasteiger charge is -2.36. The number of anilines is 1. The molecule has 1 aliphatic rings. The number of benzene rings is 1. The molecule has 0 aromatic heterocycles. The number of ether oxygens (including phenoxy) is 1. The van der Waals surface area contributed by atoms with Crippen LogP contribution in [0.2, 0.25) is 0 Å². The van der Waals surface area contributed by atoms with E-state index in [1.165, 1.54) is 5.69 Å². The molecule has 0 unspecified atom stereocenters. The van der Waals surface area contributed by atoms with Gasteiger partial charge in [0.25, 0.3) is 0 Å². The zero-order valence-electron chi connectivity index (χ0n) is 11.1. The maximum absolute atomic E-state index is 11.6. The van der Waals surface area contributed by atoms with Gasteiger partial charge in [-0.15, -0.1) is 0 Å². The Kier molecular flexibility index (Phi) is 4.07. The number of amides is 1. The first-order valence-electron chi connectivity index (χ1n) is 6.41. The minimum Gasteiger partial charge on any atom is -0.497 e. The lowest BCUT2D eigenvalue weighted by Crippen LogP contribution is -2.48. The van der Waals surface area contributed by atoms with Crippen LogP contribution in [0.1, 0.15) is 13.3 Å². The summed E-state index contributed by atoms with van der Waals surface area (Å²) >= 11 is 0. The summed E-state index contributed by atoms with van der Waals surface area (Å²) in [6.07, 6.45) is 0.600. The van der Waals surface area contributed by atoms with E-state index in [0.29, 0.717) is 6.42 Å². The summed E-state index contributed by atoms with van der Waals surface area (Å²) in [6.45, 7) is 5.35. The largest absolute Gasteiger partial charge is 0.497 e. The van der Waals surface area contributed by atoms with E-state index in [0.717, 1.165) is 31.9 Å². The number of nitrogens with zero attached hydrogens (tertiary/aromatic N) is 2. The van der Waals surface area contributed by atoms with E-state index in [1.807, 2.05) is 24.0 Å². The molecule has 0 aliphatic carbocycles. The number of carbonyl (C=O) groups excluding carboxylic acids is 1. The van der Waals surface area contributed by atoms with Crippen molar-refractivity contribution in [2.24, 2.45) is 0 Å². The van der Waals surface area contributed by atoms with Gasteiger partial charge in [-0.3, -0.25) is 4.79 Å². The standard InChI is InChI=1S/C14H20N2O2/c1-3-14(17)16-10-8-15(9-11-16)12-4-6-13(18-2)7-5-12/h4-7H,3,8-11H2,1-2H3. The van der Waals surface area contributed by atoms with Crippen molar-refractivity contribution in [2.45, 2.75) is 13.3 Å². The first kappa shape index (κ1) is 12.7. The molecule has 1 saturated heterocycles. The Balaban J connectivity index is 1.94. The molecular weight excluding hydrogens is 228 g/mol. The van der Waals surface area contributed by atoms with Crippen molar-refractivity contribution in [1.29, 1.82) is 0 Å². The molecule has 1 heterocycles. The molecule has 0 radical (unpaired) electrons. The highest BCUT2D eigenvalue weighted by molar-refractivity contribution is 5.76. The molecular formula is C14H20N2O2. The van der Waals surface area contributed by atoms with E-state index in [-0.39, 0.29) is 5.91 Å². The van der Waals surface area contributed by atoms with Gasteiger partial charge in [-0.25, -0.2) is 0 Å². The third-order valence-electron chi connectivity index (χ3n) is 3.37. The molecule has 4 heteroatoms. The topological polar surface area (TPSA) is 32.8 Å².